The summed E-state index contributed by atoms with van der Waals surface area (Å²) < 4.78 is 4.62. The number of nitrogens with one attached hydrogen (secondary N) is 1. The molecule has 0 radical (unpaired) electrons. The van der Waals surface area contributed by atoms with Gasteiger partial charge in [0.25, 0.3) is 0 Å². The maximum Gasteiger partial charge on any atom is 0.407 e. The lowest BCUT2D eigenvalue weighted by Gasteiger charge is -2.16. The largest absolute Gasteiger partial charge is 0.453 e. The van der Waals surface area contributed by atoms with Crippen LogP contribution in [0.1, 0.15) is 17.5 Å². The zero-order valence-corrected chi connectivity index (χ0v) is 12.3. The second kappa shape index (κ2) is 7.67. The molecule has 2 rings (SSSR count). The van der Waals surface area contributed by atoms with Crippen LogP contribution in [0, 0.1) is 11.8 Å². The minimum Gasteiger partial charge on any atom is -0.453 e. The van der Waals surface area contributed by atoms with Crippen molar-refractivity contribution in [2.45, 2.75) is 19.0 Å². The first-order valence-electron chi connectivity index (χ1n) is 7.06. The van der Waals surface area contributed by atoms with Crippen LogP contribution in [0.5, 0.6) is 0 Å². The fraction of sp³-hybridized carbons (Fsp3) is 0.438. The number of hydrogen-bond acceptors (Lipinski definition) is 4. The van der Waals surface area contributed by atoms with Gasteiger partial charge in [0.15, 0.2) is 0 Å². The number of benzene rings is 1. The second-order valence-electron chi connectivity index (χ2n) is 5.06. The van der Waals surface area contributed by atoms with Gasteiger partial charge in [-0.2, -0.15) is 0 Å². The van der Waals surface area contributed by atoms with Crippen LogP contribution in [0.15, 0.2) is 24.3 Å². The Morgan fingerprint density at radius 1 is 1.48 bits per heavy atom. The summed E-state index contributed by atoms with van der Waals surface area (Å²) in [5, 5.41) is 2.84. The van der Waals surface area contributed by atoms with Gasteiger partial charge in [-0.1, -0.05) is 24.0 Å². The Bertz CT molecular complexity index is 531. The zero-order chi connectivity index (χ0) is 15.1. The van der Waals surface area contributed by atoms with Crippen LogP contribution in [0.2, 0.25) is 0 Å². The van der Waals surface area contributed by atoms with Gasteiger partial charge in [-0.15, -0.1) is 0 Å². The van der Waals surface area contributed by atoms with Crippen LogP contribution in [0.3, 0.4) is 0 Å². The molecule has 0 bridgehead atoms. The molecule has 5 nitrogen and oxygen atoms in total. The normalized spacial score (nSPS) is 17.9. The van der Waals surface area contributed by atoms with E-state index < -0.39 is 0 Å². The van der Waals surface area contributed by atoms with Crippen molar-refractivity contribution in [1.82, 2.24) is 10.2 Å². The molecule has 1 aliphatic heterocycles. The molecule has 1 amide bonds. The lowest BCUT2D eigenvalue weighted by atomic mass is 10.1. The van der Waals surface area contributed by atoms with Gasteiger partial charge in [-0.05, 0) is 24.1 Å². The molecular weight excluding hydrogens is 266 g/mol. The highest BCUT2D eigenvalue weighted by atomic mass is 16.5. The van der Waals surface area contributed by atoms with Crippen molar-refractivity contribution in [2.75, 3.05) is 26.7 Å². The quantitative estimate of drug-likeness (QED) is 0.812. The lowest BCUT2D eigenvalue weighted by Crippen LogP contribution is -2.36. The van der Waals surface area contributed by atoms with E-state index in [-0.39, 0.29) is 12.1 Å². The Labute approximate surface area is 125 Å². The Kier molecular flexibility index (Phi) is 5.61. The van der Waals surface area contributed by atoms with Crippen LogP contribution in [-0.2, 0) is 11.3 Å². The molecule has 0 aliphatic carbocycles. The maximum absolute atomic E-state index is 11.2. The SMILES string of the molecule is COC(=O)NC1CCN(Cc2ccc(C#CCN)cc2)C1. The predicted octanol–water partition coefficient (Wildman–Crippen LogP) is 0.927. The number of methoxy groups -OCH3 is 1. The van der Waals surface area contributed by atoms with E-state index in [9.17, 15) is 4.79 Å². The third-order valence-corrected chi connectivity index (χ3v) is 3.47. The van der Waals surface area contributed by atoms with E-state index >= 15 is 0 Å². The molecule has 1 saturated heterocycles. The van der Waals surface area contributed by atoms with E-state index in [1.165, 1.54) is 12.7 Å². The van der Waals surface area contributed by atoms with Gasteiger partial charge in [0.1, 0.15) is 0 Å². The summed E-state index contributed by atoms with van der Waals surface area (Å²) in [5.41, 5.74) is 7.58. The smallest absolute Gasteiger partial charge is 0.407 e. The third-order valence-electron chi connectivity index (χ3n) is 3.47. The average molecular weight is 287 g/mol. The van der Waals surface area contributed by atoms with Gasteiger partial charge in [-0.25, -0.2) is 4.79 Å². The van der Waals surface area contributed by atoms with Crippen molar-refractivity contribution < 1.29 is 9.53 Å². The Morgan fingerprint density at radius 3 is 2.90 bits per heavy atom. The van der Waals surface area contributed by atoms with Gasteiger partial charge >= 0.3 is 6.09 Å². The zero-order valence-electron chi connectivity index (χ0n) is 12.3. The van der Waals surface area contributed by atoms with Crippen LogP contribution in [0.25, 0.3) is 0 Å². The molecule has 1 fully saturated rings. The molecule has 1 aliphatic rings. The summed E-state index contributed by atoms with van der Waals surface area (Å²) >= 11 is 0. The monoisotopic (exact) mass is 287 g/mol. The van der Waals surface area contributed by atoms with Crippen molar-refractivity contribution in [2.24, 2.45) is 5.73 Å². The van der Waals surface area contributed by atoms with Crippen LogP contribution < -0.4 is 11.1 Å². The van der Waals surface area contributed by atoms with Gasteiger partial charge < -0.3 is 15.8 Å². The Morgan fingerprint density at radius 2 is 2.24 bits per heavy atom. The first kappa shape index (κ1) is 15.4. The summed E-state index contributed by atoms with van der Waals surface area (Å²) in [6.45, 7) is 3.08. The summed E-state index contributed by atoms with van der Waals surface area (Å²) in [7, 11) is 1.39. The van der Waals surface area contributed by atoms with Gasteiger partial charge in [0, 0.05) is 31.2 Å². The number of likely N-dealkylation sites (tertiary alicyclic amines) is 1. The average Bonchev–Trinajstić information content (AvgIpc) is 2.93. The van der Waals surface area contributed by atoms with Crippen molar-refractivity contribution in [3.8, 4) is 11.8 Å². The number of hydrogen-bond donors (Lipinski definition) is 2. The molecule has 1 atom stereocenters. The van der Waals surface area contributed by atoms with Crippen molar-refractivity contribution in [3.63, 3.8) is 0 Å². The summed E-state index contributed by atoms with van der Waals surface area (Å²) in [6.07, 6.45) is 0.597. The number of amides is 1. The summed E-state index contributed by atoms with van der Waals surface area (Å²) in [5.74, 6) is 5.85. The third kappa shape index (κ3) is 4.78. The highest BCUT2D eigenvalue weighted by Crippen LogP contribution is 2.14. The fourth-order valence-electron chi connectivity index (χ4n) is 2.42. The standard InChI is InChI=1S/C16H21N3O2/c1-21-16(20)18-15-8-10-19(12-15)11-14-6-4-13(5-7-14)3-2-9-17/h4-7,15H,8-12,17H2,1H3,(H,18,20). The van der Waals surface area contributed by atoms with Crippen molar-refractivity contribution in [1.29, 1.82) is 0 Å². The molecule has 1 heterocycles. The van der Waals surface area contributed by atoms with Gasteiger partial charge in [0.05, 0.1) is 13.7 Å². The first-order chi connectivity index (χ1) is 10.2. The molecule has 21 heavy (non-hydrogen) atoms. The second-order valence-corrected chi connectivity index (χ2v) is 5.06. The van der Waals surface area contributed by atoms with E-state index in [1.807, 2.05) is 12.1 Å². The van der Waals surface area contributed by atoms with Gasteiger partial charge in [0.2, 0.25) is 0 Å². The predicted molar refractivity (Wildman–Crippen MR) is 81.6 cm³/mol. The van der Waals surface area contributed by atoms with E-state index in [2.05, 4.69) is 38.9 Å². The number of carbonyl (C=O) groups is 1. The first-order valence-corrected chi connectivity index (χ1v) is 7.06. The minimum absolute atomic E-state index is 0.173. The fourth-order valence-corrected chi connectivity index (χ4v) is 2.42. The highest BCUT2D eigenvalue weighted by Gasteiger charge is 2.23. The summed E-state index contributed by atoms with van der Waals surface area (Å²) in [6, 6.07) is 8.37. The number of alkyl carbamates (subject to hydrolysis) is 1. The topological polar surface area (TPSA) is 67.6 Å². The molecule has 3 N–H and O–H groups in total. The summed E-state index contributed by atoms with van der Waals surface area (Å²) in [4.78, 5) is 13.5. The molecule has 1 aromatic rings. The number of carbonyl (C=O) groups excluding carboxylic acids is 1. The van der Waals surface area contributed by atoms with Crippen molar-refractivity contribution >= 4 is 6.09 Å². The molecule has 0 aromatic heterocycles. The van der Waals surface area contributed by atoms with E-state index in [1.54, 1.807) is 0 Å². The molecule has 1 unspecified atom stereocenters. The highest BCUT2D eigenvalue weighted by molar-refractivity contribution is 5.67. The van der Waals surface area contributed by atoms with Gasteiger partial charge in [-0.3, -0.25) is 4.90 Å². The molecule has 112 valence electrons. The van der Waals surface area contributed by atoms with Crippen LogP contribution in [0.4, 0.5) is 4.79 Å². The Balaban J connectivity index is 1.84. The number of nitrogens with zero attached hydrogens (tertiary/aromatic N) is 1. The molecule has 0 spiro atoms. The van der Waals surface area contributed by atoms with Crippen LogP contribution in [-0.4, -0.2) is 43.8 Å². The number of nitrogens with two attached hydrogens (primary N) is 1. The van der Waals surface area contributed by atoms with E-state index in [0.29, 0.717) is 6.54 Å². The van der Waals surface area contributed by atoms with E-state index in [4.69, 9.17) is 5.73 Å². The number of ether oxygens (including phenoxy) is 1. The maximum atomic E-state index is 11.2. The van der Waals surface area contributed by atoms with Crippen LogP contribution >= 0.6 is 0 Å². The molecule has 0 saturated carbocycles. The molecular formula is C16H21N3O2. The Hall–Kier alpha value is -2.03. The number of rotatable bonds is 3. The van der Waals surface area contributed by atoms with Crippen molar-refractivity contribution in [3.05, 3.63) is 35.4 Å². The molecule has 5 heteroatoms. The molecule has 1 aromatic carbocycles. The lowest BCUT2D eigenvalue weighted by molar-refractivity contribution is 0.166. The van der Waals surface area contributed by atoms with E-state index in [0.717, 1.165) is 31.6 Å². The minimum atomic E-state index is -0.357.